The van der Waals surface area contributed by atoms with Crippen molar-refractivity contribution in [1.29, 1.82) is 0 Å². The Morgan fingerprint density at radius 2 is 2.06 bits per heavy atom. The highest BCUT2D eigenvalue weighted by Crippen LogP contribution is 2.26. The highest BCUT2D eigenvalue weighted by molar-refractivity contribution is 5.83. The predicted molar refractivity (Wildman–Crippen MR) is 123 cm³/mol. The molecule has 7 heteroatoms. The van der Waals surface area contributed by atoms with Gasteiger partial charge in [-0.2, -0.15) is 0 Å². The van der Waals surface area contributed by atoms with Crippen molar-refractivity contribution in [2.75, 3.05) is 6.54 Å². The highest BCUT2D eigenvalue weighted by atomic mass is 16.5. The molecule has 0 amide bonds. The number of allylic oxidation sites excluding steroid dienone is 3. The third-order valence-corrected chi connectivity index (χ3v) is 6.30. The van der Waals surface area contributed by atoms with Crippen molar-refractivity contribution >= 4 is 5.97 Å². The fourth-order valence-electron chi connectivity index (χ4n) is 4.28. The van der Waals surface area contributed by atoms with Crippen molar-refractivity contribution in [2.45, 2.75) is 81.9 Å². The molecule has 1 heterocycles. The van der Waals surface area contributed by atoms with Gasteiger partial charge in [-0.05, 0) is 50.6 Å². The van der Waals surface area contributed by atoms with Crippen LogP contribution in [0, 0.1) is 11.8 Å². The molecule has 0 aromatic heterocycles. The fourth-order valence-corrected chi connectivity index (χ4v) is 4.28. The summed E-state index contributed by atoms with van der Waals surface area (Å²) in [4.78, 5) is 11.6. The van der Waals surface area contributed by atoms with Crippen LogP contribution in [0.25, 0.3) is 0 Å². The Hall–Kier alpha value is -1.77. The Morgan fingerprint density at radius 1 is 1.28 bits per heavy atom. The standard InChI is InChI=1S/C25H39NO6/c1-2-19-10-11-24(30)32-22(19)12-13-25(31,14-15-26)23(29)17-21(28)8-4-3-6-18-7-5-9-20(27)16-18/h3-4,6,8,10-13,18-23,27-29,31H,2,5,7,9,14-17,26H2,1H3/b6-3+,8-4-,13-12+/t18-,19+,20+,21+,22+,23-,25+/m1/s1. The first-order valence-corrected chi connectivity index (χ1v) is 11.7. The maximum Gasteiger partial charge on any atom is 0.331 e. The molecule has 2 rings (SSSR count). The molecule has 0 spiro atoms. The van der Waals surface area contributed by atoms with E-state index in [0.717, 1.165) is 32.1 Å². The van der Waals surface area contributed by atoms with Crippen LogP contribution in [0.15, 0.2) is 48.6 Å². The first kappa shape index (κ1) is 26.5. The Bertz CT molecular complexity index is 703. The molecule has 32 heavy (non-hydrogen) atoms. The molecule has 7 nitrogen and oxygen atoms in total. The number of rotatable bonds is 11. The molecular formula is C25H39NO6. The van der Waals surface area contributed by atoms with E-state index in [1.807, 2.05) is 19.1 Å². The van der Waals surface area contributed by atoms with Crippen LogP contribution in [-0.2, 0) is 9.53 Å². The minimum Gasteiger partial charge on any atom is -0.454 e. The summed E-state index contributed by atoms with van der Waals surface area (Å²) in [6, 6.07) is 0. The number of hydrogen-bond donors (Lipinski definition) is 5. The molecule has 0 radical (unpaired) electrons. The smallest absolute Gasteiger partial charge is 0.331 e. The quantitative estimate of drug-likeness (QED) is 0.185. The van der Waals surface area contributed by atoms with Crippen LogP contribution in [-0.4, -0.2) is 63.0 Å². The Labute approximate surface area is 191 Å². The van der Waals surface area contributed by atoms with Gasteiger partial charge in [-0.3, -0.25) is 0 Å². The number of ether oxygens (including phenoxy) is 1. The Morgan fingerprint density at radius 3 is 2.75 bits per heavy atom. The highest BCUT2D eigenvalue weighted by Gasteiger charge is 2.34. The molecule has 1 aliphatic heterocycles. The van der Waals surface area contributed by atoms with Gasteiger partial charge in [0.25, 0.3) is 0 Å². The summed E-state index contributed by atoms with van der Waals surface area (Å²) in [7, 11) is 0. The molecule has 0 aromatic rings. The number of hydrogen-bond acceptors (Lipinski definition) is 7. The predicted octanol–water partition coefficient (Wildman–Crippen LogP) is 1.91. The average molecular weight is 450 g/mol. The van der Waals surface area contributed by atoms with Gasteiger partial charge in [-0.25, -0.2) is 4.79 Å². The van der Waals surface area contributed by atoms with Crippen molar-refractivity contribution in [2.24, 2.45) is 17.6 Å². The lowest BCUT2D eigenvalue weighted by atomic mass is 9.86. The molecule has 0 bridgehead atoms. The summed E-state index contributed by atoms with van der Waals surface area (Å²) in [5, 5.41) is 41.7. The SMILES string of the molecule is CC[C@H]1C=CC(=O)O[C@H]1/C=C/[C@](O)(CCN)[C@H](O)C[C@@H](O)/C=C\C=C\[C@@H]1CCC[C@H](O)C1. The van der Waals surface area contributed by atoms with E-state index in [9.17, 15) is 25.2 Å². The van der Waals surface area contributed by atoms with E-state index >= 15 is 0 Å². The van der Waals surface area contributed by atoms with E-state index in [4.69, 9.17) is 10.5 Å². The van der Waals surface area contributed by atoms with Crippen molar-refractivity contribution in [1.82, 2.24) is 0 Å². The summed E-state index contributed by atoms with van der Waals surface area (Å²) < 4.78 is 5.33. The van der Waals surface area contributed by atoms with Gasteiger partial charge in [0, 0.05) is 18.4 Å². The number of esters is 1. The summed E-state index contributed by atoms with van der Waals surface area (Å²) in [5.74, 6) is -0.112. The zero-order valence-electron chi connectivity index (χ0n) is 18.9. The van der Waals surface area contributed by atoms with Gasteiger partial charge in [0.1, 0.15) is 11.7 Å². The van der Waals surface area contributed by atoms with Gasteiger partial charge in [-0.15, -0.1) is 0 Å². The molecule has 180 valence electrons. The number of carbonyl (C=O) groups excluding carboxylic acids is 1. The van der Waals surface area contributed by atoms with E-state index in [1.54, 1.807) is 24.3 Å². The van der Waals surface area contributed by atoms with Crippen molar-refractivity contribution in [3.63, 3.8) is 0 Å². The van der Waals surface area contributed by atoms with Crippen LogP contribution in [0.2, 0.25) is 0 Å². The lowest BCUT2D eigenvalue weighted by molar-refractivity contribution is -0.143. The largest absolute Gasteiger partial charge is 0.454 e. The molecule has 1 saturated carbocycles. The van der Waals surface area contributed by atoms with Crippen molar-refractivity contribution in [3.05, 3.63) is 48.6 Å². The van der Waals surface area contributed by atoms with E-state index in [1.165, 1.54) is 12.2 Å². The van der Waals surface area contributed by atoms with Crippen LogP contribution in [0.1, 0.15) is 51.9 Å². The van der Waals surface area contributed by atoms with Crippen LogP contribution in [0.4, 0.5) is 0 Å². The van der Waals surface area contributed by atoms with Gasteiger partial charge in [0.05, 0.1) is 18.3 Å². The Kier molecular flexibility index (Phi) is 10.8. The Balaban J connectivity index is 1.94. The van der Waals surface area contributed by atoms with E-state index in [0.29, 0.717) is 5.92 Å². The monoisotopic (exact) mass is 449 g/mol. The van der Waals surface area contributed by atoms with E-state index < -0.39 is 29.9 Å². The minimum absolute atomic E-state index is 0.00573. The van der Waals surface area contributed by atoms with Crippen LogP contribution in [0.5, 0.6) is 0 Å². The van der Waals surface area contributed by atoms with E-state index in [-0.39, 0.29) is 31.4 Å². The number of cyclic esters (lactones) is 1. The van der Waals surface area contributed by atoms with Crippen LogP contribution in [0.3, 0.4) is 0 Å². The average Bonchev–Trinajstić information content (AvgIpc) is 2.75. The van der Waals surface area contributed by atoms with Gasteiger partial charge in [-0.1, -0.05) is 49.8 Å². The lowest BCUT2D eigenvalue weighted by Crippen LogP contribution is -2.44. The van der Waals surface area contributed by atoms with Crippen LogP contribution >= 0.6 is 0 Å². The number of carbonyl (C=O) groups is 1. The minimum atomic E-state index is -1.65. The molecule has 6 N–H and O–H groups in total. The van der Waals surface area contributed by atoms with Gasteiger partial charge < -0.3 is 30.9 Å². The second-order valence-electron chi connectivity index (χ2n) is 8.89. The third kappa shape index (κ3) is 8.30. The number of aliphatic hydroxyl groups excluding tert-OH is 3. The summed E-state index contributed by atoms with van der Waals surface area (Å²) in [6.45, 7) is 2.12. The maximum atomic E-state index is 11.6. The number of nitrogens with two attached hydrogens (primary N) is 1. The zero-order valence-corrected chi connectivity index (χ0v) is 18.9. The molecular weight excluding hydrogens is 410 g/mol. The van der Waals surface area contributed by atoms with Crippen molar-refractivity contribution in [3.8, 4) is 0 Å². The zero-order chi connectivity index (χ0) is 23.6. The first-order valence-electron chi connectivity index (χ1n) is 11.7. The summed E-state index contributed by atoms with van der Waals surface area (Å²) in [5.41, 5.74) is 3.99. The van der Waals surface area contributed by atoms with Crippen molar-refractivity contribution < 1.29 is 30.0 Å². The number of aliphatic hydroxyl groups is 4. The molecule has 0 saturated heterocycles. The normalized spacial score (nSPS) is 30.6. The molecule has 0 aromatic carbocycles. The molecule has 0 unspecified atom stereocenters. The molecule has 2 aliphatic rings. The summed E-state index contributed by atoms with van der Waals surface area (Å²) in [6.07, 6.45) is 14.9. The van der Waals surface area contributed by atoms with Crippen LogP contribution < -0.4 is 5.73 Å². The van der Waals surface area contributed by atoms with Gasteiger partial charge >= 0.3 is 5.97 Å². The van der Waals surface area contributed by atoms with E-state index in [2.05, 4.69) is 0 Å². The van der Waals surface area contributed by atoms with Gasteiger partial charge in [0.15, 0.2) is 0 Å². The second kappa shape index (κ2) is 13.1. The third-order valence-electron chi connectivity index (χ3n) is 6.30. The van der Waals surface area contributed by atoms with Gasteiger partial charge in [0.2, 0.25) is 0 Å². The first-order chi connectivity index (χ1) is 15.3. The molecule has 7 atom stereocenters. The molecule has 1 fully saturated rings. The maximum absolute atomic E-state index is 11.6. The lowest BCUT2D eigenvalue weighted by Gasteiger charge is -2.32. The topological polar surface area (TPSA) is 133 Å². The second-order valence-corrected chi connectivity index (χ2v) is 8.89. The molecule has 1 aliphatic carbocycles. The fraction of sp³-hybridized carbons (Fsp3) is 0.640. The summed E-state index contributed by atoms with van der Waals surface area (Å²) >= 11 is 0.